The number of aromatic nitrogens is 1. The van der Waals surface area contributed by atoms with E-state index in [1.54, 1.807) is 0 Å². The smallest absolute Gasteiger partial charge is 0.104 e. The van der Waals surface area contributed by atoms with Gasteiger partial charge in [0, 0.05) is 37.7 Å². The Morgan fingerprint density at radius 2 is 2.23 bits per heavy atom. The second-order valence-electron chi connectivity index (χ2n) is 6.79. The van der Waals surface area contributed by atoms with Gasteiger partial charge in [-0.05, 0) is 49.1 Å². The van der Waals surface area contributed by atoms with Gasteiger partial charge in [0.05, 0.1) is 17.0 Å². The first kappa shape index (κ1) is 18.0. The van der Waals surface area contributed by atoms with E-state index in [1.165, 1.54) is 11.1 Å². The lowest BCUT2D eigenvalue weighted by molar-refractivity contribution is 0.375. The molecule has 4 nitrogen and oxygen atoms in total. The zero-order valence-electron chi connectivity index (χ0n) is 15.7. The highest BCUT2D eigenvalue weighted by Crippen LogP contribution is 2.30. The minimum absolute atomic E-state index is 0.695. The van der Waals surface area contributed by atoms with Gasteiger partial charge in [0.1, 0.15) is 6.07 Å². The van der Waals surface area contributed by atoms with Gasteiger partial charge in [0.25, 0.3) is 0 Å². The predicted octanol–water partition coefficient (Wildman–Crippen LogP) is 4.40. The third kappa shape index (κ3) is 3.72. The quantitative estimate of drug-likeness (QED) is 0.792. The molecule has 0 spiro atoms. The Morgan fingerprint density at radius 3 is 2.88 bits per heavy atom. The summed E-state index contributed by atoms with van der Waals surface area (Å²) in [6.07, 6.45) is 11.5. The molecule has 0 fully saturated rings. The summed E-state index contributed by atoms with van der Waals surface area (Å²) in [5.41, 5.74) is 6.15. The normalized spacial score (nSPS) is 17.4. The lowest BCUT2D eigenvalue weighted by atomic mass is 9.98. The fraction of sp³-hybridized carbons (Fsp3) is 0.364. The largest absolute Gasteiger partial charge is 0.366 e. The molecule has 3 heterocycles. The molecule has 0 aromatic carbocycles. The first-order chi connectivity index (χ1) is 12.6. The van der Waals surface area contributed by atoms with E-state index in [-0.39, 0.29) is 0 Å². The standard InChI is InChI=1S/C22H26N4/c1-4-5-11-25-14-9-22(21(16-23)18(25)3)26-12-7-19(8-13-26)20-6-10-24-17(2)15-20/h6-7,9-10,14-15H,3-5,8,11-13H2,1-2H3. The Bertz CT molecular complexity index is 823. The molecule has 134 valence electrons. The molecule has 0 bridgehead atoms. The maximum absolute atomic E-state index is 9.69. The molecule has 0 atom stereocenters. The number of pyridine rings is 1. The molecule has 2 aliphatic rings. The molecule has 0 radical (unpaired) electrons. The van der Waals surface area contributed by atoms with Crippen LogP contribution >= 0.6 is 0 Å². The van der Waals surface area contributed by atoms with Gasteiger partial charge in [0.15, 0.2) is 0 Å². The molecule has 4 heteroatoms. The van der Waals surface area contributed by atoms with E-state index in [9.17, 15) is 5.26 Å². The lowest BCUT2D eigenvalue weighted by Crippen LogP contribution is -2.32. The SMILES string of the molecule is C=C1C(C#N)=C(N2CC=C(c3ccnc(C)c3)CC2)C=CN1CCCC. The van der Waals surface area contributed by atoms with Crippen LogP contribution in [0.15, 0.2) is 60.2 Å². The van der Waals surface area contributed by atoms with Crippen molar-refractivity contribution in [1.29, 1.82) is 5.26 Å². The third-order valence-electron chi connectivity index (χ3n) is 4.99. The average molecular weight is 346 g/mol. The Hall–Kier alpha value is -2.80. The maximum atomic E-state index is 9.69. The molecular weight excluding hydrogens is 320 g/mol. The second-order valence-corrected chi connectivity index (χ2v) is 6.79. The van der Waals surface area contributed by atoms with Crippen molar-refractivity contribution in [2.45, 2.75) is 33.1 Å². The number of unbranched alkanes of at least 4 members (excludes halogenated alkanes) is 1. The van der Waals surface area contributed by atoms with Gasteiger partial charge in [-0.2, -0.15) is 5.26 Å². The van der Waals surface area contributed by atoms with E-state index in [4.69, 9.17) is 0 Å². The highest BCUT2D eigenvalue weighted by atomic mass is 15.2. The van der Waals surface area contributed by atoms with Crippen LogP contribution in [0.25, 0.3) is 5.57 Å². The minimum Gasteiger partial charge on any atom is -0.366 e. The second kappa shape index (κ2) is 8.05. The van der Waals surface area contributed by atoms with Crippen LogP contribution in [0.4, 0.5) is 0 Å². The molecule has 0 saturated carbocycles. The van der Waals surface area contributed by atoms with Crippen molar-refractivity contribution < 1.29 is 0 Å². The van der Waals surface area contributed by atoms with Crippen molar-refractivity contribution in [3.8, 4) is 6.07 Å². The predicted molar refractivity (Wildman–Crippen MR) is 106 cm³/mol. The van der Waals surface area contributed by atoms with Crippen LogP contribution in [0.3, 0.4) is 0 Å². The fourth-order valence-corrected chi connectivity index (χ4v) is 3.44. The molecule has 2 aliphatic heterocycles. The Labute approximate surface area is 156 Å². The number of nitriles is 1. The molecule has 1 aromatic heterocycles. The summed E-state index contributed by atoms with van der Waals surface area (Å²) < 4.78 is 0. The Balaban J connectivity index is 1.77. The van der Waals surface area contributed by atoms with Crippen molar-refractivity contribution >= 4 is 5.57 Å². The van der Waals surface area contributed by atoms with Crippen molar-refractivity contribution in [1.82, 2.24) is 14.8 Å². The molecule has 0 aliphatic carbocycles. The van der Waals surface area contributed by atoms with Crippen LogP contribution in [-0.4, -0.2) is 34.4 Å². The monoisotopic (exact) mass is 346 g/mol. The van der Waals surface area contributed by atoms with E-state index >= 15 is 0 Å². The molecule has 0 unspecified atom stereocenters. The van der Waals surface area contributed by atoms with Crippen LogP contribution in [0.2, 0.25) is 0 Å². The van der Waals surface area contributed by atoms with Gasteiger partial charge in [-0.1, -0.05) is 26.0 Å². The zero-order valence-corrected chi connectivity index (χ0v) is 15.7. The number of aryl methyl sites for hydroxylation is 1. The summed E-state index contributed by atoms with van der Waals surface area (Å²) in [5, 5.41) is 9.69. The highest BCUT2D eigenvalue weighted by Gasteiger charge is 2.23. The van der Waals surface area contributed by atoms with Crippen LogP contribution in [0, 0.1) is 18.3 Å². The van der Waals surface area contributed by atoms with Crippen LogP contribution in [0.5, 0.6) is 0 Å². The van der Waals surface area contributed by atoms with Gasteiger partial charge in [-0.15, -0.1) is 0 Å². The zero-order chi connectivity index (χ0) is 18.5. The molecule has 0 N–H and O–H groups in total. The van der Waals surface area contributed by atoms with Crippen molar-refractivity contribution in [3.63, 3.8) is 0 Å². The van der Waals surface area contributed by atoms with Gasteiger partial charge < -0.3 is 9.80 Å². The van der Waals surface area contributed by atoms with Gasteiger partial charge >= 0.3 is 0 Å². The van der Waals surface area contributed by atoms with Crippen LogP contribution < -0.4 is 0 Å². The summed E-state index contributed by atoms with van der Waals surface area (Å²) in [4.78, 5) is 8.64. The van der Waals surface area contributed by atoms with E-state index in [1.807, 2.05) is 13.1 Å². The third-order valence-corrected chi connectivity index (χ3v) is 4.99. The Kier molecular flexibility index (Phi) is 5.58. The maximum Gasteiger partial charge on any atom is 0.104 e. The topological polar surface area (TPSA) is 43.2 Å². The first-order valence-corrected chi connectivity index (χ1v) is 9.29. The van der Waals surface area contributed by atoms with Crippen molar-refractivity contribution in [2.75, 3.05) is 19.6 Å². The number of allylic oxidation sites excluding steroid dienone is 2. The van der Waals surface area contributed by atoms with E-state index in [2.05, 4.69) is 64.8 Å². The molecule has 1 aromatic rings. The Morgan fingerprint density at radius 1 is 1.38 bits per heavy atom. The molecule has 0 saturated heterocycles. The number of rotatable bonds is 5. The average Bonchev–Trinajstić information content (AvgIpc) is 2.67. The van der Waals surface area contributed by atoms with Gasteiger partial charge in [-0.3, -0.25) is 4.98 Å². The number of nitrogens with zero attached hydrogens (tertiary/aromatic N) is 4. The first-order valence-electron chi connectivity index (χ1n) is 9.29. The van der Waals surface area contributed by atoms with Crippen molar-refractivity contribution in [2.24, 2.45) is 0 Å². The summed E-state index contributed by atoms with van der Waals surface area (Å²) in [6.45, 7) is 11.0. The van der Waals surface area contributed by atoms with E-state index in [0.717, 1.165) is 56.0 Å². The number of hydrogen-bond donors (Lipinski definition) is 0. The van der Waals surface area contributed by atoms with Crippen molar-refractivity contribution in [3.05, 3.63) is 71.5 Å². The van der Waals surface area contributed by atoms with Crippen LogP contribution in [-0.2, 0) is 0 Å². The van der Waals surface area contributed by atoms with Crippen LogP contribution in [0.1, 0.15) is 37.4 Å². The summed E-state index contributed by atoms with van der Waals surface area (Å²) in [5.74, 6) is 0. The van der Waals surface area contributed by atoms with Gasteiger partial charge in [-0.25, -0.2) is 0 Å². The summed E-state index contributed by atoms with van der Waals surface area (Å²) >= 11 is 0. The summed E-state index contributed by atoms with van der Waals surface area (Å²) in [6, 6.07) is 6.58. The fourth-order valence-electron chi connectivity index (χ4n) is 3.44. The molecule has 0 amide bonds. The highest BCUT2D eigenvalue weighted by molar-refractivity contribution is 5.67. The lowest BCUT2D eigenvalue weighted by Gasteiger charge is -2.34. The minimum atomic E-state index is 0.695. The van der Waals surface area contributed by atoms with Gasteiger partial charge in [0.2, 0.25) is 0 Å². The summed E-state index contributed by atoms with van der Waals surface area (Å²) in [7, 11) is 0. The molecular formula is C22H26N4. The molecule has 3 rings (SSSR count). The van der Waals surface area contributed by atoms with E-state index in [0.29, 0.717) is 5.57 Å². The number of hydrogen-bond acceptors (Lipinski definition) is 4. The molecule has 26 heavy (non-hydrogen) atoms. The van der Waals surface area contributed by atoms with E-state index < -0.39 is 0 Å².